The summed E-state index contributed by atoms with van der Waals surface area (Å²) >= 11 is 1.71. The molecule has 0 spiro atoms. The zero-order valence-electron chi connectivity index (χ0n) is 11.1. The first-order chi connectivity index (χ1) is 9.22. The Morgan fingerprint density at radius 1 is 1.16 bits per heavy atom. The average molecular weight is 278 g/mol. The van der Waals surface area contributed by atoms with Crippen molar-refractivity contribution in [1.29, 1.82) is 0 Å². The number of aryl methyl sites for hydroxylation is 1. The van der Waals surface area contributed by atoms with E-state index in [1.807, 2.05) is 18.2 Å². The zero-order valence-corrected chi connectivity index (χ0v) is 11.9. The molecule has 0 aliphatic heterocycles. The Bertz CT molecular complexity index is 486. The number of rotatable bonds is 6. The summed E-state index contributed by atoms with van der Waals surface area (Å²) in [6, 6.07) is 9.61. The van der Waals surface area contributed by atoms with Gasteiger partial charge in [0.15, 0.2) is 0 Å². The smallest absolute Gasteiger partial charge is 0.122 e. The summed E-state index contributed by atoms with van der Waals surface area (Å²) in [6.45, 7) is 0. The Balaban J connectivity index is 2.07. The van der Waals surface area contributed by atoms with E-state index in [2.05, 4.69) is 11.4 Å². The van der Waals surface area contributed by atoms with Gasteiger partial charge in [0.05, 0.1) is 20.3 Å². The summed E-state index contributed by atoms with van der Waals surface area (Å²) in [6.07, 6.45) is 1.06. The lowest BCUT2D eigenvalue weighted by Crippen LogP contribution is -2.00. The molecule has 1 aromatic heterocycles. The number of hydrogen-bond acceptors (Lipinski definition) is 4. The molecule has 1 heterocycles. The molecule has 19 heavy (non-hydrogen) atoms. The molecule has 2 aromatic rings. The van der Waals surface area contributed by atoms with E-state index in [1.165, 1.54) is 4.88 Å². The normalized spacial score (nSPS) is 12.2. The number of thiophene rings is 1. The molecule has 3 nitrogen and oxygen atoms in total. The number of hydrogen-bond donors (Lipinski definition) is 1. The van der Waals surface area contributed by atoms with Gasteiger partial charge in [-0.2, -0.15) is 0 Å². The monoisotopic (exact) mass is 278 g/mol. The number of benzene rings is 1. The van der Waals surface area contributed by atoms with Crippen LogP contribution in [0.4, 0.5) is 0 Å². The Hall–Kier alpha value is -1.52. The Morgan fingerprint density at radius 3 is 2.37 bits per heavy atom. The Labute approximate surface area is 117 Å². The molecule has 2 rings (SSSR count). The van der Waals surface area contributed by atoms with Gasteiger partial charge in [0, 0.05) is 10.9 Å². The minimum Gasteiger partial charge on any atom is -0.497 e. The van der Waals surface area contributed by atoms with Gasteiger partial charge in [0.25, 0.3) is 0 Å². The van der Waals surface area contributed by atoms with Crippen LogP contribution < -0.4 is 9.47 Å². The number of aliphatic hydroxyl groups excluding tert-OH is 1. The van der Waals surface area contributed by atoms with E-state index in [0.29, 0.717) is 17.9 Å². The largest absolute Gasteiger partial charge is 0.497 e. The van der Waals surface area contributed by atoms with Crippen molar-refractivity contribution < 1.29 is 14.6 Å². The number of methoxy groups -OCH3 is 2. The van der Waals surface area contributed by atoms with Crippen LogP contribution in [0.1, 0.15) is 23.0 Å². The van der Waals surface area contributed by atoms with Crippen LogP contribution in [0.15, 0.2) is 35.7 Å². The summed E-state index contributed by atoms with van der Waals surface area (Å²) in [5, 5.41) is 12.3. The van der Waals surface area contributed by atoms with Crippen molar-refractivity contribution in [2.45, 2.75) is 18.9 Å². The standard InChI is InChI=1S/C15H18O3S/c1-17-12-8-11(9-13(10-12)18-2)15(16)6-5-14-4-3-7-19-14/h3-4,7-10,15-16H,5-6H2,1-2H3. The van der Waals surface area contributed by atoms with Crippen molar-refractivity contribution in [3.8, 4) is 11.5 Å². The molecule has 0 saturated carbocycles. The van der Waals surface area contributed by atoms with Gasteiger partial charge in [-0.25, -0.2) is 0 Å². The summed E-state index contributed by atoms with van der Waals surface area (Å²) in [7, 11) is 3.22. The van der Waals surface area contributed by atoms with Crippen LogP contribution in [-0.4, -0.2) is 19.3 Å². The fourth-order valence-corrected chi connectivity index (χ4v) is 2.65. The van der Waals surface area contributed by atoms with Gasteiger partial charge in [-0.05, 0) is 42.0 Å². The topological polar surface area (TPSA) is 38.7 Å². The van der Waals surface area contributed by atoms with Gasteiger partial charge >= 0.3 is 0 Å². The highest BCUT2D eigenvalue weighted by molar-refractivity contribution is 7.09. The summed E-state index contributed by atoms with van der Waals surface area (Å²) < 4.78 is 10.4. The maximum absolute atomic E-state index is 10.3. The second-order valence-electron chi connectivity index (χ2n) is 4.28. The van der Waals surface area contributed by atoms with Crippen molar-refractivity contribution in [2.24, 2.45) is 0 Å². The second kappa shape index (κ2) is 6.59. The second-order valence-corrected chi connectivity index (χ2v) is 5.31. The SMILES string of the molecule is COc1cc(OC)cc(C(O)CCc2cccs2)c1. The molecule has 1 N–H and O–H groups in total. The van der Waals surface area contributed by atoms with Crippen LogP contribution in [-0.2, 0) is 6.42 Å². The molecule has 1 unspecified atom stereocenters. The van der Waals surface area contributed by atoms with Crippen molar-refractivity contribution in [1.82, 2.24) is 0 Å². The van der Waals surface area contributed by atoms with E-state index in [9.17, 15) is 5.11 Å². The van der Waals surface area contributed by atoms with Crippen LogP contribution in [0.2, 0.25) is 0 Å². The minimum atomic E-state index is -0.508. The quantitative estimate of drug-likeness (QED) is 0.879. The van der Waals surface area contributed by atoms with Gasteiger partial charge < -0.3 is 14.6 Å². The molecule has 0 bridgehead atoms. The highest BCUT2D eigenvalue weighted by Crippen LogP contribution is 2.28. The zero-order chi connectivity index (χ0) is 13.7. The number of aliphatic hydroxyl groups is 1. The molecular formula is C15H18O3S. The predicted octanol–water partition coefficient (Wildman–Crippen LogP) is 3.43. The van der Waals surface area contributed by atoms with Gasteiger partial charge in [-0.15, -0.1) is 11.3 Å². The van der Waals surface area contributed by atoms with E-state index < -0.39 is 6.10 Å². The van der Waals surface area contributed by atoms with E-state index >= 15 is 0 Å². The Morgan fingerprint density at radius 2 is 1.84 bits per heavy atom. The third-order valence-electron chi connectivity index (χ3n) is 3.00. The van der Waals surface area contributed by atoms with Gasteiger partial charge in [-0.1, -0.05) is 6.07 Å². The maximum Gasteiger partial charge on any atom is 0.122 e. The fraction of sp³-hybridized carbons (Fsp3) is 0.333. The van der Waals surface area contributed by atoms with Crippen LogP contribution in [0.25, 0.3) is 0 Å². The molecule has 0 amide bonds. The summed E-state index contributed by atoms with van der Waals surface area (Å²) in [4.78, 5) is 1.29. The van der Waals surface area contributed by atoms with Crippen molar-refractivity contribution in [2.75, 3.05) is 14.2 Å². The first kappa shape index (κ1) is 13.9. The van der Waals surface area contributed by atoms with Crippen molar-refractivity contribution >= 4 is 11.3 Å². The summed E-state index contributed by atoms with van der Waals surface area (Å²) in [5.74, 6) is 1.40. The van der Waals surface area contributed by atoms with E-state index in [1.54, 1.807) is 31.6 Å². The minimum absolute atomic E-state index is 0.508. The first-order valence-electron chi connectivity index (χ1n) is 6.16. The maximum atomic E-state index is 10.3. The number of ether oxygens (including phenoxy) is 2. The molecular weight excluding hydrogens is 260 g/mol. The van der Waals surface area contributed by atoms with E-state index in [-0.39, 0.29) is 0 Å². The molecule has 0 radical (unpaired) electrons. The molecule has 102 valence electrons. The molecule has 0 saturated heterocycles. The van der Waals surface area contributed by atoms with Gasteiger partial charge in [0.1, 0.15) is 11.5 Å². The molecule has 0 aliphatic rings. The van der Waals surface area contributed by atoms with Gasteiger partial charge in [-0.3, -0.25) is 0 Å². The fourth-order valence-electron chi connectivity index (χ4n) is 1.92. The van der Waals surface area contributed by atoms with Crippen LogP contribution >= 0.6 is 11.3 Å². The van der Waals surface area contributed by atoms with Crippen molar-refractivity contribution in [3.05, 3.63) is 46.2 Å². The lowest BCUT2D eigenvalue weighted by atomic mass is 10.0. The molecule has 1 atom stereocenters. The third-order valence-corrected chi connectivity index (χ3v) is 3.94. The van der Waals surface area contributed by atoms with Crippen LogP contribution in [0, 0.1) is 0 Å². The van der Waals surface area contributed by atoms with Crippen molar-refractivity contribution in [3.63, 3.8) is 0 Å². The van der Waals surface area contributed by atoms with E-state index in [0.717, 1.165) is 12.0 Å². The Kier molecular flexibility index (Phi) is 4.82. The average Bonchev–Trinajstić information content (AvgIpc) is 2.97. The molecule has 1 aromatic carbocycles. The van der Waals surface area contributed by atoms with Crippen LogP contribution in [0.5, 0.6) is 11.5 Å². The lowest BCUT2D eigenvalue weighted by molar-refractivity contribution is 0.167. The molecule has 0 fully saturated rings. The molecule has 0 aliphatic carbocycles. The van der Waals surface area contributed by atoms with Crippen LogP contribution in [0.3, 0.4) is 0 Å². The van der Waals surface area contributed by atoms with Gasteiger partial charge in [0.2, 0.25) is 0 Å². The third kappa shape index (κ3) is 3.72. The first-order valence-corrected chi connectivity index (χ1v) is 7.04. The summed E-state index contributed by atoms with van der Waals surface area (Å²) in [5.41, 5.74) is 0.827. The lowest BCUT2D eigenvalue weighted by Gasteiger charge is -2.13. The highest BCUT2D eigenvalue weighted by atomic mass is 32.1. The predicted molar refractivity (Wildman–Crippen MR) is 77.1 cm³/mol. The highest BCUT2D eigenvalue weighted by Gasteiger charge is 2.11. The van der Waals surface area contributed by atoms with E-state index in [4.69, 9.17) is 9.47 Å². The molecule has 4 heteroatoms.